The van der Waals surface area contributed by atoms with E-state index in [0.717, 1.165) is 19.4 Å². The molecule has 1 saturated heterocycles. The van der Waals surface area contributed by atoms with E-state index in [-0.39, 0.29) is 16.6 Å². The van der Waals surface area contributed by atoms with Gasteiger partial charge < -0.3 is 5.32 Å². The number of non-ortho nitro benzene ring substituents is 1. The van der Waals surface area contributed by atoms with Crippen molar-refractivity contribution in [3.63, 3.8) is 0 Å². The number of anilines is 1. The molecule has 1 aliphatic heterocycles. The van der Waals surface area contributed by atoms with E-state index >= 15 is 0 Å². The Morgan fingerprint density at radius 2 is 2.29 bits per heavy atom. The topological polar surface area (TPSA) is 75.5 Å². The summed E-state index contributed by atoms with van der Waals surface area (Å²) in [6.07, 6.45) is 3.41. The van der Waals surface area contributed by atoms with Crippen molar-refractivity contribution in [2.24, 2.45) is 0 Å². The molecule has 0 radical (unpaired) electrons. The Morgan fingerprint density at radius 3 is 2.90 bits per heavy atom. The highest BCUT2D eigenvalue weighted by Gasteiger charge is 2.21. The number of nitrogens with one attached hydrogen (secondary N) is 1. The number of carbonyl (C=O) groups excluding carboxylic acids is 1. The number of nitrogens with zero attached hydrogens (tertiary/aromatic N) is 2. The minimum absolute atomic E-state index is 0.0948. The second-order valence-electron chi connectivity index (χ2n) is 5.28. The molecule has 21 heavy (non-hydrogen) atoms. The quantitative estimate of drug-likeness (QED) is 0.685. The van der Waals surface area contributed by atoms with Crippen LogP contribution in [0.25, 0.3) is 0 Å². The second-order valence-corrected chi connectivity index (χ2v) is 5.69. The predicted octanol–water partition coefficient (Wildman–Crippen LogP) is 3.06. The van der Waals surface area contributed by atoms with Crippen LogP contribution >= 0.6 is 11.6 Å². The fraction of sp³-hybridized carbons (Fsp3) is 0.500. The van der Waals surface area contributed by atoms with E-state index in [4.69, 9.17) is 11.6 Å². The van der Waals surface area contributed by atoms with Gasteiger partial charge in [-0.1, -0.05) is 18.0 Å². The Kier molecular flexibility index (Phi) is 5.14. The van der Waals surface area contributed by atoms with Gasteiger partial charge in [-0.2, -0.15) is 0 Å². The number of likely N-dealkylation sites (tertiary alicyclic amines) is 1. The molecule has 0 aliphatic carbocycles. The molecule has 114 valence electrons. The summed E-state index contributed by atoms with van der Waals surface area (Å²) in [6.45, 7) is 3.35. The van der Waals surface area contributed by atoms with E-state index in [2.05, 4.69) is 17.1 Å². The Balaban J connectivity index is 1.97. The molecule has 1 amide bonds. The summed E-state index contributed by atoms with van der Waals surface area (Å²) < 4.78 is 0. The maximum Gasteiger partial charge on any atom is 0.271 e. The number of nitro groups is 1. The molecular weight excluding hydrogens is 294 g/mol. The molecule has 0 bridgehead atoms. The van der Waals surface area contributed by atoms with Crippen LogP contribution in [0.4, 0.5) is 11.4 Å². The van der Waals surface area contributed by atoms with Crippen molar-refractivity contribution < 1.29 is 9.72 Å². The van der Waals surface area contributed by atoms with Crippen LogP contribution in [0.15, 0.2) is 18.2 Å². The molecule has 1 aromatic rings. The average Bonchev–Trinajstić information content (AvgIpc) is 2.43. The molecule has 2 rings (SSSR count). The minimum atomic E-state index is -0.521. The first-order valence-corrected chi connectivity index (χ1v) is 7.33. The molecule has 1 fully saturated rings. The van der Waals surface area contributed by atoms with Crippen molar-refractivity contribution in [2.45, 2.75) is 32.2 Å². The van der Waals surface area contributed by atoms with Crippen molar-refractivity contribution in [3.05, 3.63) is 33.3 Å². The first kappa shape index (κ1) is 15.7. The van der Waals surface area contributed by atoms with E-state index in [1.165, 1.54) is 24.6 Å². The third-order valence-electron chi connectivity index (χ3n) is 3.72. The first-order valence-electron chi connectivity index (χ1n) is 6.95. The molecule has 7 heteroatoms. The zero-order valence-corrected chi connectivity index (χ0v) is 12.6. The number of piperidine rings is 1. The smallest absolute Gasteiger partial charge is 0.271 e. The van der Waals surface area contributed by atoms with Crippen molar-refractivity contribution in [3.8, 4) is 0 Å². The first-order chi connectivity index (χ1) is 9.97. The largest absolute Gasteiger partial charge is 0.324 e. The molecule has 6 nitrogen and oxygen atoms in total. The fourth-order valence-electron chi connectivity index (χ4n) is 2.49. The molecule has 1 heterocycles. The van der Waals surface area contributed by atoms with Gasteiger partial charge in [0.15, 0.2) is 0 Å². The monoisotopic (exact) mass is 311 g/mol. The van der Waals surface area contributed by atoms with Crippen LogP contribution in [-0.4, -0.2) is 34.9 Å². The number of hydrogen-bond donors (Lipinski definition) is 1. The van der Waals surface area contributed by atoms with Crippen LogP contribution < -0.4 is 5.32 Å². The molecule has 1 aliphatic rings. The molecular formula is C14H18ClN3O3. The number of rotatable bonds is 4. The Labute approximate surface area is 128 Å². The summed E-state index contributed by atoms with van der Waals surface area (Å²) in [5.41, 5.74) is 0.305. The fourth-order valence-corrected chi connectivity index (χ4v) is 2.71. The van der Waals surface area contributed by atoms with Crippen molar-refractivity contribution in [2.75, 3.05) is 18.4 Å². The van der Waals surface area contributed by atoms with Crippen LogP contribution in [0.5, 0.6) is 0 Å². The van der Waals surface area contributed by atoms with Crippen LogP contribution in [0.1, 0.15) is 26.2 Å². The molecule has 0 aromatic heterocycles. The van der Waals surface area contributed by atoms with Gasteiger partial charge in [-0.15, -0.1) is 0 Å². The molecule has 1 atom stereocenters. The SMILES string of the molecule is C[C@H]1CCCCN1CC(=O)Nc1ccc([N+](=O)[O-])cc1Cl. The Bertz CT molecular complexity index is 550. The summed E-state index contributed by atoms with van der Waals surface area (Å²) in [6, 6.07) is 4.42. The summed E-state index contributed by atoms with van der Waals surface area (Å²) in [5, 5.41) is 13.5. The third kappa shape index (κ3) is 4.15. The average molecular weight is 312 g/mol. The Hall–Kier alpha value is -1.66. The van der Waals surface area contributed by atoms with Gasteiger partial charge in [0.05, 0.1) is 22.2 Å². The molecule has 1 N–H and O–H groups in total. The van der Waals surface area contributed by atoms with Gasteiger partial charge in [0.25, 0.3) is 5.69 Å². The maximum absolute atomic E-state index is 12.1. The molecule has 1 aromatic carbocycles. The normalized spacial score (nSPS) is 19.2. The van der Waals surface area contributed by atoms with E-state index < -0.39 is 4.92 Å². The van der Waals surface area contributed by atoms with Gasteiger partial charge in [0.2, 0.25) is 5.91 Å². The van der Waals surface area contributed by atoms with Gasteiger partial charge in [-0.25, -0.2) is 0 Å². The van der Waals surface area contributed by atoms with E-state index in [1.54, 1.807) is 0 Å². The van der Waals surface area contributed by atoms with Crippen LogP contribution in [0.2, 0.25) is 5.02 Å². The summed E-state index contributed by atoms with van der Waals surface area (Å²) in [7, 11) is 0. The number of hydrogen-bond acceptors (Lipinski definition) is 4. The number of carbonyl (C=O) groups is 1. The molecule has 0 saturated carbocycles. The zero-order valence-electron chi connectivity index (χ0n) is 11.8. The lowest BCUT2D eigenvalue weighted by Crippen LogP contribution is -2.42. The minimum Gasteiger partial charge on any atom is -0.324 e. The lowest BCUT2D eigenvalue weighted by molar-refractivity contribution is -0.384. The van der Waals surface area contributed by atoms with E-state index in [0.29, 0.717) is 18.3 Å². The highest BCUT2D eigenvalue weighted by atomic mass is 35.5. The molecule has 0 unspecified atom stereocenters. The van der Waals surface area contributed by atoms with Crippen LogP contribution in [0, 0.1) is 10.1 Å². The van der Waals surface area contributed by atoms with Crippen molar-refractivity contribution in [1.29, 1.82) is 0 Å². The highest BCUT2D eigenvalue weighted by molar-refractivity contribution is 6.34. The van der Waals surface area contributed by atoms with E-state index in [1.807, 2.05) is 0 Å². The highest BCUT2D eigenvalue weighted by Crippen LogP contribution is 2.26. The lowest BCUT2D eigenvalue weighted by Gasteiger charge is -2.32. The summed E-state index contributed by atoms with van der Waals surface area (Å²) >= 11 is 5.96. The maximum atomic E-state index is 12.1. The van der Waals surface area contributed by atoms with Gasteiger partial charge in [0.1, 0.15) is 0 Å². The Morgan fingerprint density at radius 1 is 1.52 bits per heavy atom. The number of amides is 1. The van der Waals surface area contributed by atoms with Crippen LogP contribution in [0.3, 0.4) is 0 Å². The van der Waals surface area contributed by atoms with Crippen molar-refractivity contribution >= 4 is 28.9 Å². The zero-order chi connectivity index (χ0) is 15.4. The number of halogens is 1. The van der Waals surface area contributed by atoms with Gasteiger partial charge in [0, 0.05) is 18.2 Å². The van der Waals surface area contributed by atoms with Gasteiger partial charge >= 0.3 is 0 Å². The molecule has 0 spiro atoms. The van der Waals surface area contributed by atoms with E-state index in [9.17, 15) is 14.9 Å². The number of benzene rings is 1. The van der Waals surface area contributed by atoms with Crippen LogP contribution in [-0.2, 0) is 4.79 Å². The standard InChI is InChI=1S/C14H18ClN3O3/c1-10-4-2-3-7-17(10)9-14(19)16-13-6-5-11(18(20)21)8-12(13)15/h5-6,8,10H,2-4,7,9H2,1H3,(H,16,19)/t10-/m0/s1. The third-order valence-corrected chi connectivity index (χ3v) is 4.04. The second kappa shape index (κ2) is 6.87. The summed E-state index contributed by atoms with van der Waals surface area (Å²) in [5.74, 6) is -0.153. The van der Waals surface area contributed by atoms with Gasteiger partial charge in [-0.3, -0.25) is 19.8 Å². The van der Waals surface area contributed by atoms with Gasteiger partial charge in [-0.05, 0) is 32.4 Å². The lowest BCUT2D eigenvalue weighted by atomic mass is 10.0. The number of nitro benzene ring substituents is 1. The summed E-state index contributed by atoms with van der Waals surface area (Å²) in [4.78, 5) is 24.3. The predicted molar refractivity (Wildman–Crippen MR) is 81.6 cm³/mol. The van der Waals surface area contributed by atoms with Crippen molar-refractivity contribution in [1.82, 2.24) is 4.90 Å².